The van der Waals surface area contributed by atoms with Crippen molar-refractivity contribution in [1.29, 1.82) is 0 Å². The van der Waals surface area contributed by atoms with Crippen LogP contribution in [0.3, 0.4) is 0 Å². The molecule has 0 spiro atoms. The maximum absolute atomic E-state index is 11.4. The molecule has 7 heteroatoms. The number of carboxylic acids is 1. The summed E-state index contributed by atoms with van der Waals surface area (Å²) in [5.74, 6) is -0.973. The van der Waals surface area contributed by atoms with Crippen LogP contribution < -0.4 is 5.32 Å². The molecule has 1 amide bonds. The molecule has 0 heterocycles. The third-order valence-electron chi connectivity index (χ3n) is 1.93. The van der Waals surface area contributed by atoms with E-state index >= 15 is 0 Å². The van der Waals surface area contributed by atoms with Gasteiger partial charge in [0.05, 0.1) is 0 Å². The van der Waals surface area contributed by atoms with E-state index in [2.05, 4.69) is 5.32 Å². The number of hydrogen-bond donors (Lipinski definition) is 2. The lowest BCUT2D eigenvalue weighted by Crippen LogP contribution is -2.31. The molecule has 1 aromatic carbocycles. The lowest BCUT2D eigenvalue weighted by molar-refractivity contribution is -0.145. The zero-order chi connectivity index (χ0) is 13.5. The van der Waals surface area contributed by atoms with Crippen LogP contribution in [0.1, 0.15) is 0 Å². The number of ether oxygens (including phenoxy) is 1. The van der Waals surface area contributed by atoms with E-state index in [-0.39, 0.29) is 5.75 Å². The minimum atomic E-state index is -1.17. The first-order valence-corrected chi connectivity index (χ1v) is 6.75. The molecule has 0 saturated heterocycles. The van der Waals surface area contributed by atoms with Gasteiger partial charge in [0.2, 0.25) is 6.10 Å². The van der Waals surface area contributed by atoms with Crippen LogP contribution >= 0.6 is 23.4 Å². The number of carbonyl (C=O) groups excluding carboxylic acids is 1. The van der Waals surface area contributed by atoms with Crippen molar-refractivity contribution < 1.29 is 19.4 Å². The Bertz CT molecular complexity index is 424. The van der Waals surface area contributed by atoms with Crippen molar-refractivity contribution in [3.63, 3.8) is 0 Å². The van der Waals surface area contributed by atoms with Crippen LogP contribution in [-0.4, -0.2) is 35.3 Å². The fourth-order valence-corrected chi connectivity index (χ4v) is 1.76. The number of carboxylic acid groups (broad SMARTS) is 1. The molecule has 0 fully saturated rings. The van der Waals surface area contributed by atoms with Gasteiger partial charge in [-0.05, 0) is 30.5 Å². The van der Waals surface area contributed by atoms with Crippen molar-refractivity contribution in [3.05, 3.63) is 29.3 Å². The third kappa shape index (κ3) is 4.85. The molecule has 0 radical (unpaired) electrons. The second-order valence-electron chi connectivity index (χ2n) is 3.32. The van der Waals surface area contributed by atoms with Gasteiger partial charge in [-0.25, -0.2) is 9.59 Å². The second kappa shape index (κ2) is 7.13. The molecule has 0 aromatic heterocycles. The Hall–Kier alpha value is -1.40. The minimum Gasteiger partial charge on any atom is -0.478 e. The number of rotatable bonds is 5. The van der Waals surface area contributed by atoms with Gasteiger partial charge >= 0.3 is 12.1 Å². The molecule has 0 saturated carbocycles. The smallest absolute Gasteiger partial charge is 0.412 e. The first-order valence-electron chi connectivity index (χ1n) is 4.98. The highest BCUT2D eigenvalue weighted by Crippen LogP contribution is 2.14. The van der Waals surface area contributed by atoms with E-state index < -0.39 is 18.2 Å². The summed E-state index contributed by atoms with van der Waals surface area (Å²) in [5.41, 5.74) is 0.484. The summed E-state index contributed by atoms with van der Waals surface area (Å²) in [5, 5.41) is 11.8. The summed E-state index contributed by atoms with van der Waals surface area (Å²) in [7, 11) is 0. The van der Waals surface area contributed by atoms with Gasteiger partial charge in [-0.1, -0.05) is 11.6 Å². The number of thioether (sulfide) groups is 1. The van der Waals surface area contributed by atoms with E-state index in [1.807, 2.05) is 0 Å². The molecule has 1 rings (SSSR count). The molecular weight excluding hydrogens is 278 g/mol. The first kappa shape index (κ1) is 14.7. The number of halogens is 1. The van der Waals surface area contributed by atoms with Crippen molar-refractivity contribution in [2.45, 2.75) is 6.10 Å². The van der Waals surface area contributed by atoms with Gasteiger partial charge in [-0.2, -0.15) is 11.8 Å². The van der Waals surface area contributed by atoms with Gasteiger partial charge in [0, 0.05) is 16.5 Å². The Kier molecular flexibility index (Phi) is 5.80. The Balaban J connectivity index is 2.54. The molecule has 0 bridgehead atoms. The van der Waals surface area contributed by atoms with E-state index in [1.54, 1.807) is 30.5 Å². The highest BCUT2D eigenvalue weighted by Gasteiger charge is 2.21. The molecule has 1 atom stereocenters. The Morgan fingerprint density at radius 3 is 2.56 bits per heavy atom. The maximum atomic E-state index is 11.4. The zero-order valence-electron chi connectivity index (χ0n) is 9.55. The Labute approximate surface area is 113 Å². The van der Waals surface area contributed by atoms with Crippen molar-refractivity contribution in [2.24, 2.45) is 0 Å². The molecule has 0 aliphatic heterocycles. The number of anilines is 1. The summed E-state index contributed by atoms with van der Waals surface area (Å²) in [6.45, 7) is 0. The second-order valence-corrected chi connectivity index (χ2v) is 4.67. The highest BCUT2D eigenvalue weighted by atomic mass is 35.5. The number of benzene rings is 1. The molecular formula is C11H12ClNO4S. The number of nitrogens with one attached hydrogen (secondary N) is 1. The molecule has 5 nitrogen and oxygen atoms in total. The van der Waals surface area contributed by atoms with Gasteiger partial charge in [-0.15, -0.1) is 0 Å². The van der Waals surface area contributed by atoms with Crippen molar-refractivity contribution in [1.82, 2.24) is 0 Å². The zero-order valence-corrected chi connectivity index (χ0v) is 11.1. The largest absolute Gasteiger partial charge is 0.478 e. The van der Waals surface area contributed by atoms with Crippen LogP contribution in [0.2, 0.25) is 5.02 Å². The molecule has 2 N–H and O–H groups in total. The van der Waals surface area contributed by atoms with Crippen molar-refractivity contribution in [3.8, 4) is 0 Å². The highest BCUT2D eigenvalue weighted by molar-refractivity contribution is 7.98. The van der Waals surface area contributed by atoms with Gasteiger partial charge < -0.3 is 9.84 Å². The van der Waals surface area contributed by atoms with E-state index in [4.69, 9.17) is 21.4 Å². The molecule has 18 heavy (non-hydrogen) atoms. The van der Waals surface area contributed by atoms with Crippen molar-refractivity contribution >= 4 is 41.1 Å². The molecule has 1 unspecified atom stereocenters. The quantitative estimate of drug-likeness (QED) is 0.871. The third-order valence-corrected chi connectivity index (χ3v) is 2.82. The van der Waals surface area contributed by atoms with Crippen LogP contribution in [-0.2, 0) is 9.53 Å². The fourth-order valence-electron chi connectivity index (χ4n) is 1.12. The normalized spacial score (nSPS) is 11.7. The molecule has 1 aromatic rings. The summed E-state index contributed by atoms with van der Waals surface area (Å²) < 4.78 is 4.78. The van der Waals surface area contributed by atoms with Gasteiger partial charge in [0.25, 0.3) is 0 Å². The van der Waals surface area contributed by atoms with Gasteiger partial charge in [0.15, 0.2) is 0 Å². The van der Waals surface area contributed by atoms with Gasteiger partial charge in [0.1, 0.15) is 0 Å². The predicted molar refractivity (Wildman–Crippen MR) is 71.4 cm³/mol. The lowest BCUT2D eigenvalue weighted by Gasteiger charge is -2.13. The SMILES string of the molecule is CSCC(OC(=O)Nc1ccc(Cl)cc1)C(=O)O. The van der Waals surface area contributed by atoms with Crippen molar-refractivity contribution in [2.75, 3.05) is 17.3 Å². The number of aliphatic carboxylic acids is 1. The minimum absolute atomic E-state index is 0.198. The van der Waals surface area contributed by atoms with Crippen LogP contribution in [0.4, 0.5) is 10.5 Å². The first-order chi connectivity index (χ1) is 8.52. The van der Waals surface area contributed by atoms with Gasteiger partial charge in [-0.3, -0.25) is 5.32 Å². The van der Waals surface area contributed by atoms with Crippen LogP contribution in [0, 0.1) is 0 Å². The van der Waals surface area contributed by atoms with Crippen LogP contribution in [0.5, 0.6) is 0 Å². The lowest BCUT2D eigenvalue weighted by atomic mass is 10.3. The Morgan fingerprint density at radius 2 is 2.06 bits per heavy atom. The summed E-state index contributed by atoms with van der Waals surface area (Å²) in [4.78, 5) is 22.2. The number of hydrogen-bond acceptors (Lipinski definition) is 4. The Morgan fingerprint density at radius 1 is 1.44 bits per heavy atom. The summed E-state index contributed by atoms with van der Waals surface area (Å²) in [6, 6.07) is 6.39. The van der Waals surface area contributed by atoms with E-state index in [0.717, 1.165) is 0 Å². The maximum Gasteiger partial charge on any atom is 0.412 e. The molecule has 0 aliphatic carbocycles. The molecule has 98 valence electrons. The number of amides is 1. The standard InChI is InChI=1S/C11H12ClNO4S/c1-18-6-9(10(14)15)17-11(16)13-8-4-2-7(12)3-5-8/h2-5,9H,6H2,1H3,(H,13,16)(H,14,15). The topological polar surface area (TPSA) is 75.6 Å². The summed E-state index contributed by atoms with van der Waals surface area (Å²) in [6.07, 6.45) is -0.234. The summed E-state index contributed by atoms with van der Waals surface area (Å²) >= 11 is 6.98. The predicted octanol–water partition coefficient (Wildman–Crippen LogP) is 2.70. The van der Waals surface area contributed by atoms with E-state index in [0.29, 0.717) is 10.7 Å². The fraction of sp³-hybridized carbons (Fsp3) is 0.273. The number of carbonyl (C=O) groups is 2. The van der Waals surface area contributed by atoms with Crippen LogP contribution in [0.25, 0.3) is 0 Å². The monoisotopic (exact) mass is 289 g/mol. The average molecular weight is 290 g/mol. The molecule has 0 aliphatic rings. The van der Waals surface area contributed by atoms with Crippen LogP contribution in [0.15, 0.2) is 24.3 Å². The van der Waals surface area contributed by atoms with E-state index in [9.17, 15) is 9.59 Å². The average Bonchev–Trinajstić information content (AvgIpc) is 2.31. The van der Waals surface area contributed by atoms with E-state index in [1.165, 1.54) is 11.8 Å².